The van der Waals surface area contributed by atoms with Gasteiger partial charge in [-0.1, -0.05) is 208 Å². The predicted octanol–water partition coefficient (Wildman–Crippen LogP) is 14.2. The van der Waals surface area contributed by atoms with Gasteiger partial charge in [0, 0.05) is 19.3 Å². The van der Waals surface area contributed by atoms with E-state index in [1.807, 2.05) is 0 Å². The Bertz CT molecular complexity index is 794. The van der Waals surface area contributed by atoms with E-state index in [0.717, 1.165) is 69.6 Å². The van der Waals surface area contributed by atoms with E-state index < -0.39 is 6.10 Å². The van der Waals surface area contributed by atoms with Crippen molar-refractivity contribution in [2.45, 2.75) is 253 Å². The molecule has 0 spiro atoms. The van der Waals surface area contributed by atoms with Crippen LogP contribution < -0.4 is 0 Å². The van der Waals surface area contributed by atoms with Gasteiger partial charge in [0.15, 0.2) is 6.10 Å². The van der Waals surface area contributed by atoms with Crippen LogP contribution in [0.15, 0.2) is 0 Å². The molecule has 0 fully saturated rings. The lowest BCUT2D eigenvalue weighted by molar-refractivity contribution is -0.167. The van der Waals surface area contributed by atoms with Gasteiger partial charge in [0.2, 0.25) is 0 Å². The summed E-state index contributed by atoms with van der Waals surface area (Å²) in [6.07, 6.45) is 36.6. The van der Waals surface area contributed by atoms with Crippen LogP contribution in [0.4, 0.5) is 0 Å². The average Bonchev–Trinajstić information content (AvgIpc) is 3.11. The van der Waals surface area contributed by atoms with Crippen molar-refractivity contribution in [3.63, 3.8) is 0 Å². The lowest BCUT2D eigenvalue weighted by Gasteiger charge is -2.18. The smallest absolute Gasteiger partial charge is 0.306 e. The largest absolute Gasteiger partial charge is 0.462 e. The van der Waals surface area contributed by atoms with Gasteiger partial charge in [-0.3, -0.25) is 14.4 Å². The molecule has 0 saturated heterocycles. The summed E-state index contributed by atoms with van der Waals surface area (Å²) in [5.41, 5.74) is 0. The van der Waals surface area contributed by atoms with Crippen molar-refractivity contribution >= 4 is 17.9 Å². The Hall–Kier alpha value is -1.59. The molecule has 1 atom stereocenters. The van der Waals surface area contributed by atoms with E-state index in [4.69, 9.17) is 14.2 Å². The zero-order valence-electron chi connectivity index (χ0n) is 35.4. The Morgan fingerprint density at radius 3 is 0.942 bits per heavy atom. The molecule has 0 heterocycles. The van der Waals surface area contributed by atoms with Crippen LogP contribution in [0.1, 0.15) is 247 Å². The van der Waals surface area contributed by atoms with E-state index in [0.29, 0.717) is 19.3 Å². The number of hydrogen-bond donors (Lipinski definition) is 0. The van der Waals surface area contributed by atoms with Crippen molar-refractivity contribution in [1.29, 1.82) is 0 Å². The van der Waals surface area contributed by atoms with E-state index in [-0.39, 0.29) is 31.1 Å². The minimum absolute atomic E-state index is 0.0656. The van der Waals surface area contributed by atoms with Crippen molar-refractivity contribution in [3.8, 4) is 0 Å². The average molecular weight is 737 g/mol. The second-order valence-corrected chi connectivity index (χ2v) is 16.6. The van der Waals surface area contributed by atoms with Crippen LogP contribution >= 0.6 is 0 Å². The van der Waals surface area contributed by atoms with E-state index in [1.165, 1.54) is 135 Å². The van der Waals surface area contributed by atoms with Crippen LogP contribution in [-0.4, -0.2) is 37.2 Å². The van der Waals surface area contributed by atoms with Crippen LogP contribution in [0.3, 0.4) is 0 Å². The molecule has 6 nitrogen and oxygen atoms in total. The summed E-state index contributed by atoms with van der Waals surface area (Å²) in [4.78, 5) is 37.7. The highest BCUT2D eigenvalue weighted by Crippen LogP contribution is 2.16. The maximum atomic E-state index is 12.7. The number of esters is 3. The molecular formula is C46H88O6. The molecule has 6 heteroatoms. The minimum atomic E-state index is -0.760. The molecule has 52 heavy (non-hydrogen) atoms. The second kappa shape index (κ2) is 39.1. The molecule has 0 bridgehead atoms. The number of carbonyl (C=O) groups is 3. The zero-order valence-corrected chi connectivity index (χ0v) is 35.4. The molecule has 0 aromatic carbocycles. The molecule has 0 unspecified atom stereocenters. The molecule has 0 amide bonds. The first-order chi connectivity index (χ1) is 25.2. The molecular weight excluding hydrogens is 648 g/mol. The van der Waals surface area contributed by atoms with Gasteiger partial charge in [-0.2, -0.15) is 0 Å². The molecule has 0 aliphatic carbocycles. The molecule has 0 aliphatic rings. The van der Waals surface area contributed by atoms with Crippen LogP contribution in [0.25, 0.3) is 0 Å². The summed E-state index contributed by atoms with van der Waals surface area (Å²) in [5, 5.41) is 0. The fraction of sp³-hybridized carbons (Fsp3) is 0.935. The molecule has 0 aliphatic heterocycles. The summed E-state index contributed by atoms with van der Waals surface area (Å²) >= 11 is 0. The van der Waals surface area contributed by atoms with E-state index >= 15 is 0 Å². The number of carbonyl (C=O) groups excluding carboxylic acids is 3. The normalized spacial score (nSPS) is 12.1. The van der Waals surface area contributed by atoms with Crippen molar-refractivity contribution in [2.24, 2.45) is 11.8 Å². The quantitative estimate of drug-likeness (QED) is 0.0354. The third-order valence-corrected chi connectivity index (χ3v) is 10.2. The van der Waals surface area contributed by atoms with Gasteiger partial charge in [0.1, 0.15) is 13.2 Å². The maximum absolute atomic E-state index is 12.7. The highest BCUT2D eigenvalue weighted by molar-refractivity contribution is 5.71. The molecule has 308 valence electrons. The zero-order chi connectivity index (χ0) is 38.3. The first-order valence-electron chi connectivity index (χ1n) is 22.7. The van der Waals surface area contributed by atoms with Crippen LogP contribution in [0.2, 0.25) is 0 Å². The Balaban J connectivity index is 4.34. The third-order valence-electron chi connectivity index (χ3n) is 10.2. The first kappa shape index (κ1) is 50.4. The third kappa shape index (κ3) is 39.6. The maximum Gasteiger partial charge on any atom is 0.306 e. The standard InChI is InChI=1S/C46H88O6/c1-6-7-8-9-10-11-12-13-16-22-28-33-38-46(49)52-43(40-51-45(48)37-32-27-23-18-20-25-30-35-42(4)5)39-50-44(47)36-31-26-21-17-14-15-19-24-29-34-41(2)3/h41-43H,6-40H2,1-5H3/t43-/m0/s1. The summed E-state index contributed by atoms with van der Waals surface area (Å²) < 4.78 is 16.7. The summed E-state index contributed by atoms with van der Waals surface area (Å²) in [5.74, 6) is 0.729. The molecule has 0 aromatic rings. The number of ether oxygens (including phenoxy) is 3. The Labute approximate surface area is 323 Å². The monoisotopic (exact) mass is 737 g/mol. The molecule has 0 radical (unpaired) electrons. The van der Waals surface area contributed by atoms with Gasteiger partial charge in [-0.15, -0.1) is 0 Å². The SMILES string of the molecule is CCCCCCCCCCCCCCC(=O)O[C@@H](COC(=O)CCCCCCCCCCCC(C)C)COC(=O)CCCCCCCCCC(C)C. The molecule has 0 aromatic heterocycles. The minimum Gasteiger partial charge on any atom is -0.462 e. The highest BCUT2D eigenvalue weighted by Gasteiger charge is 2.19. The number of unbranched alkanes of at least 4 members (excludes halogenated alkanes) is 25. The van der Waals surface area contributed by atoms with Gasteiger partial charge < -0.3 is 14.2 Å². The van der Waals surface area contributed by atoms with Gasteiger partial charge in [0.25, 0.3) is 0 Å². The Morgan fingerprint density at radius 1 is 0.365 bits per heavy atom. The van der Waals surface area contributed by atoms with E-state index in [9.17, 15) is 14.4 Å². The van der Waals surface area contributed by atoms with Crippen molar-refractivity contribution in [3.05, 3.63) is 0 Å². The predicted molar refractivity (Wildman–Crippen MR) is 220 cm³/mol. The van der Waals surface area contributed by atoms with E-state index in [1.54, 1.807) is 0 Å². The lowest BCUT2D eigenvalue weighted by Crippen LogP contribution is -2.30. The van der Waals surface area contributed by atoms with Crippen LogP contribution in [-0.2, 0) is 28.6 Å². The lowest BCUT2D eigenvalue weighted by atomic mass is 10.0. The van der Waals surface area contributed by atoms with Crippen molar-refractivity contribution < 1.29 is 28.6 Å². The summed E-state index contributed by atoms with van der Waals surface area (Å²) in [7, 11) is 0. The first-order valence-corrected chi connectivity index (χ1v) is 22.7. The van der Waals surface area contributed by atoms with Gasteiger partial charge in [-0.05, 0) is 31.1 Å². The summed E-state index contributed by atoms with van der Waals surface area (Å²) in [6.45, 7) is 11.3. The topological polar surface area (TPSA) is 78.9 Å². The van der Waals surface area contributed by atoms with E-state index in [2.05, 4.69) is 34.6 Å². The second-order valence-electron chi connectivity index (χ2n) is 16.6. The van der Waals surface area contributed by atoms with Gasteiger partial charge in [-0.25, -0.2) is 0 Å². The molecule has 0 rings (SSSR count). The van der Waals surface area contributed by atoms with Crippen molar-refractivity contribution in [2.75, 3.05) is 13.2 Å². The fourth-order valence-electron chi connectivity index (χ4n) is 6.75. The Kier molecular flexibility index (Phi) is 37.9. The Morgan fingerprint density at radius 2 is 0.635 bits per heavy atom. The molecule has 0 saturated carbocycles. The van der Waals surface area contributed by atoms with Crippen molar-refractivity contribution in [1.82, 2.24) is 0 Å². The molecule has 0 N–H and O–H groups in total. The fourth-order valence-corrected chi connectivity index (χ4v) is 6.75. The number of rotatable bonds is 40. The van der Waals surface area contributed by atoms with Gasteiger partial charge >= 0.3 is 17.9 Å². The van der Waals surface area contributed by atoms with Crippen LogP contribution in [0, 0.1) is 11.8 Å². The highest BCUT2D eigenvalue weighted by atomic mass is 16.6. The van der Waals surface area contributed by atoms with Crippen LogP contribution in [0.5, 0.6) is 0 Å². The summed E-state index contributed by atoms with van der Waals surface area (Å²) in [6, 6.07) is 0. The number of hydrogen-bond acceptors (Lipinski definition) is 6. The van der Waals surface area contributed by atoms with Gasteiger partial charge in [0.05, 0.1) is 0 Å².